The molecule has 7 nitrogen and oxygen atoms in total. The quantitative estimate of drug-likeness (QED) is 0.353. The largest absolute Gasteiger partial charge is 0.487 e. The molecule has 7 atom stereocenters. The minimum atomic E-state index is -1.48. The van der Waals surface area contributed by atoms with Gasteiger partial charge in [-0.2, -0.15) is 0 Å². The van der Waals surface area contributed by atoms with Crippen LogP contribution >= 0.6 is 0 Å². The van der Waals surface area contributed by atoms with Gasteiger partial charge in [-0.1, -0.05) is 31.4 Å². The molecule has 2 aliphatic heterocycles. The van der Waals surface area contributed by atoms with Crippen molar-refractivity contribution in [2.75, 3.05) is 6.61 Å². The maximum atomic E-state index is 10.6. The van der Waals surface area contributed by atoms with Crippen LogP contribution in [0.2, 0.25) is 0 Å². The number of aliphatic hydroxyl groups excluding tert-OH is 4. The van der Waals surface area contributed by atoms with Gasteiger partial charge in [-0.3, -0.25) is 0 Å². The highest BCUT2D eigenvalue weighted by Crippen LogP contribution is 2.54. The van der Waals surface area contributed by atoms with Gasteiger partial charge in [-0.15, -0.1) is 0 Å². The Kier molecular flexibility index (Phi) is 7.60. The molecule has 1 aromatic rings. The van der Waals surface area contributed by atoms with Crippen LogP contribution in [0.15, 0.2) is 23.8 Å². The van der Waals surface area contributed by atoms with Gasteiger partial charge in [0.2, 0.25) is 6.29 Å². The van der Waals surface area contributed by atoms with E-state index in [1.54, 1.807) is 0 Å². The Labute approximate surface area is 202 Å². The Morgan fingerprint density at radius 2 is 1.85 bits per heavy atom. The molecule has 0 saturated carbocycles. The molecule has 4 rings (SSSR count). The van der Waals surface area contributed by atoms with E-state index in [2.05, 4.69) is 39.8 Å². The molecule has 1 saturated heterocycles. The van der Waals surface area contributed by atoms with Gasteiger partial charge in [0.25, 0.3) is 0 Å². The summed E-state index contributed by atoms with van der Waals surface area (Å²) < 4.78 is 18.5. The molecule has 4 unspecified atom stereocenters. The summed E-state index contributed by atoms with van der Waals surface area (Å²) in [4.78, 5) is 0. The van der Waals surface area contributed by atoms with Crippen LogP contribution in [0.4, 0.5) is 0 Å². The number of benzene rings is 1. The van der Waals surface area contributed by atoms with E-state index < -0.39 is 37.3 Å². The molecular formula is C27H40O7. The van der Waals surface area contributed by atoms with Gasteiger partial charge in [0.15, 0.2) is 0 Å². The highest BCUT2D eigenvalue weighted by atomic mass is 16.7. The third kappa shape index (κ3) is 4.86. The topological polar surface area (TPSA) is 109 Å². The van der Waals surface area contributed by atoms with Crippen molar-refractivity contribution in [3.63, 3.8) is 0 Å². The molecule has 34 heavy (non-hydrogen) atoms. The second-order valence-electron chi connectivity index (χ2n) is 10.7. The molecule has 0 aromatic heterocycles. The van der Waals surface area contributed by atoms with Gasteiger partial charge < -0.3 is 34.6 Å². The van der Waals surface area contributed by atoms with E-state index in [0.29, 0.717) is 5.75 Å². The number of unbranched alkanes of at least 4 members (excludes halogenated alkanes) is 2. The zero-order chi connectivity index (χ0) is 24.6. The zero-order valence-corrected chi connectivity index (χ0v) is 20.7. The van der Waals surface area contributed by atoms with E-state index in [-0.39, 0.29) is 17.4 Å². The van der Waals surface area contributed by atoms with Crippen molar-refractivity contribution in [2.24, 2.45) is 5.92 Å². The first-order valence-corrected chi connectivity index (χ1v) is 12.6. The van der Waals surface area contributed by atoms with E-state index in [9.17, 15) is 20.4 Å². The first-order valence-electron chi connectivity index (χ1n) is 12.6. The summed E-state index contributed by atoms with van der Waals surface area (Å²) in [6.07, 6.45) is 1.67. The average molecular weight is 477 g/mol. The minimum Gasteiger partial charge on any atom is -0.487 e. The predicted octanol–water partition coefficient (Wildman–Crippen LogP) is 3.21. The molecule has 2 heterocycles. The lowest BCUT2D eigenvalue weighted by Gasteiger charge is -2.47. The van der Waals surface area contributed by atoms with Gasteiger partial charge in [-0.25, -0.2) is 0 Å². The van der Waals surface area contributed by atoms with Gasteiger partial charge in [0, 0.05) is 17.4 Å². The summed E-state index contributed by atoms with van der Waals surface area (Å²) in [6, 6.07) is 4.12. The number of aryl methyl sites for hydroxylation is 1. The monoisotopic (exact) mass is 476 g/mol. The van der Waals surface area contributed by atoms with E-state index in [0.717, 1.165) is 55.4 Å². The molecule has 0 amide bonds. The smallest absolute Gasteiger partial charge is 0.229 e. The van der Waals surface area contributed by atoms with Crippen LogP contribution in [-0.4, -0.2) is 63.3 Å². The van der Waals surface area contributed by atoms with Crippen molar-refractivity contribution < 1.29 is 34.6 Å². The number of fused-ring (bicyclic) bond motifs is 3. The first-order chi connectivity index (χ1) is 16.2. The van der Waals surface area contributed by atoms with E-state index >= 15 is 0 Å². The number of rotatable bonds is 7. The van der Waals surface area contributed by atoms with Crippen LogP contribution < -0.4 is 9.47 Å². The number of aliphatic hydroxyl groups is 4. The fourth-order valence-corrected chi connectivity index (χ4v) is 5.71. The van der Waals surface area contributed by atoms with Crippen LogP contribution in [0.25, 0.3) is 0 Å². The Morgan fingerprint density at radius 3 is 2.56 bits per heavy atom. The Hall–Kier alpha value is -1.64. The summed E-state index contributed by atoms with van der Waals surface area (Å²) in [6.45, 7) is 8.11. The van der Waals surface area contributed by atoms with Crippen molar-refractivity contribution in [1.29, 1.82) is 0 Å². The molecule has 4 N–H and O–H groups in total. The zero-order valence-electron chi connectivity index (χ0n) is 20.7. The summed E-state index contributed by atoms with van der Waals surface area (Å²) >= 11 is 0. The van der Waals surface area contributed by atoms with Crippen LogP contribution in [0.5, 0.6) is 11.5 Å². The molecule has 0 radical (unpaired) electrons. The second kappa shape index (κ2) is 10.2. The van der Waals surface area contributed by atoms with E-state index in [1.807, 2.05) is 6.07 Å². The van der Waals surface area contributed by atoms with Crippen molar-refractivity contribution in [1.82, 2.24) is 0 Å². The molecule has 0 spiro atoms. The molecule has 1 aliphatic carbocycles. The second-order valence-corrected chi connectivity index (χ2v) is 10.7. The average Bonchev–Trinajstić information content (AvgIpc) is 2.78. The summed E-state index contributed by atoms with van der Waals surface area (Å²) in [5.74, 6) is 1.84. The van der Waals surface area contributed by atoms with Crippen LogP contribution in [0.1, 0.15) is 76.8 Å². The van der Waals surface area contributed by atoms with Crippen LogP contribution in [0.3, 0.4) is 0 Å². The Morgan fingerprint density at radius 1 is 1.09 bits per heavy atom. The molecular weight excluding hydrogens is 436 g/mol. The predicted molar refractivity (Wildman–Crippen MR) is 128 cm³/mol. The molecule has 1 fully saturated rings. The van der Waals surface area contributed by atoms with Crippen LogP contribution in [0, 0.1) is 5.92 Å². The van der Waals surface area contributed by atoms with Gasteiger partial charge in [-0.05, 0) is 64.2 Å². The normalized spacial score (nSPS) is 34.5. The lowest BCUT2D eigenvalue weighted by Crippen LogP contribution is -2.60. The maximum absolute atomic E-state index is 10.6. The molecule has 3 aliphatic rings. The first kappa shape index (κ1) is 25.5. The van der Waals surface area contributed by atoms with E-state index in [1.165, 1.54) is 5.57 Å². The lowest BCUT2D eigenvalue weighted by atomic mass is 9.67. The van der Waals surface area contributed by atoms with Crippen molar-refractivity contribution in [3.8, 4) is 11.5 Å². The number of allylic oxidation sites excluding steroid dienone is 2. The standard InChI is InChI=1S/C27H40O7/c1-5-6-7-8-16-12-19(32-26-25(31)24(30)23(29)21(14-28)33-26)22-17-11-15(2)9-10-18(17)27(3,4)34-20(22)13-16/h9,12-13,17-18,21,23-26,28-31H,5-8,10-11,14H2,1-4H3/t17-,18?,21?,23-,24?,25?,26-/m1/s1. The lowest BCUT2D eigenvalue weighted by molar-refractivity contribution is -0.277. The van der Waals surface area contributed by atoms with Crippen LogP contribution in [-0.2, 0) is 11.2 Å². The fraction of sp³-hybridized carbons (Fsp3) is 0.704. The van der Waals surface area contributed by atoms with Gasteiger partial charge in [0.1, 0.15) is 41.5 Å². The highest BCUT2D eigenvalue weighted by Gasteiger charge is 2.48. The third-order valence-corrected chi connectivity index (χ3v) is 7.71. The minimum absolute atomic E-state index is 0.188. The van der Waals surface area contributed by atoms with Gasteiger partial charge >= 0.3 is 0 Å². The van der Waals surface area contributed by atoms with Gasteiger partial charge in [0.05, 0.1) is 6.61 Å². The fourth-order valence-electron chi connectivity index (χ4n) is 5.71. The number of hydrogen-bond donors (Lipinski definition) is 4. The highest BCUT2D eigenvalue weighted by molar-refractivity contribution is 5.53. The SMILES string of the molecule is CCCCCc1cc(O[C@@H]2OC(CO)[C@@H](O)C(O)C2O)c2c(c1)OC(C)(C)C1CC=C(C)C[C@@H]21. The van der Waals surface area contributed by atoms with Crippen molar-refractivity contribution in [2.45, 2.75) is 108 Å². The molecule has 0 bridgehead atoms. The maximum Gasteiger partial charge on any atom is 0.229 e. The molecule has 7 heteroatoms. The Bertz CT molecular complexity index is 893. The molecule has 190 valence electrons. The third-order valence-electron chi connectivity index (χ3n) is 7.71. The number of hydrogen-bond acceptors (Lipinski definition) is 7. The summed E-state index contributed by atoms with van der Waals surface area (Å²) in [5.41, 5.74) is 3.05. The van der Waals surface area contributed by atoms with E-state index in [4.69, 9.17) is 14.2 Å². The van der Waals surface area contributed by atoms with Crippen molar-refractivity contribution in [3.05, 3.63) is 34.9 Å². The summed E-state index contributed by atoms with van der Waals surface area (Å²) in [5, 5.41) is 40.6. The van der Waals surface area contributed by atoms with Crippen molar-refractivity contribution >= 4 is 0 Å². The number of ether oxygens (including phenoxy) is 3. The molecule has 1 aromatic carbocycles. The Balaban J connectivity index is 1.74. The summed E-state index contributed by atoms with van der Waals surface area (Å²) in [7, 11) is 0.